The second kappa shape index (κ2) is 35.4. The number of aryl methyl sites for hydroxylation is 2. The van der Waals surface area contributed by atoms with Gasteiger partial charge in [0.2, 0.25) is 6.79 Å². The lowest BCUT2D eigenvalue weighted by Crippen LogP contribution is -2.52. The van der Waals surface area contributed by atoms with Crippen LogP contribution in [0.25, 0.3) is 22.1 Å². The van der Waals surface area contributed by atoms with E-state index in [9.17, 15) is 33.0 Å². The fraction of sp³-hybridized carbons (Fsp3) is 0.649. The van der Waals surface area contributed by atoms with Crippen LogP contribution in [0.4, 0.5) is 22.0 Å². The van der Waals surface area contributed by atoms with Crippen molar-refractivity contribution in [1.82, 2.24) is 28.9 Å². The number of aromatic nitrogens is 4. The molecule has 14 rings (SSSR count). The fourth-order valence-corrected chi connectivity index (χ4v) is 21.2. The van der Waals surface area contributed by atoms with E-state index < -0.39 is 176 Å². The van der Waals surface area contributed by atoms with Gasteiger partial charge in [0.25, 0.3) is 11.7 Å². The number of fused-ring (bicyclic) bond motifs is 6. The Morgan fingerprint density at radius 1 is 0.617 bits per heavy atom. The molecule has 0 aliphatic carbocycles. The fourth-order valence-electron chi connectivity index (χ4n) is 14.1. The van der Waals surface area contributed by atoms with Crippen molar-refractivity contribution in [1.29, 1.82) is 0 Å². The number of phosphoric ester groups is 4. The standard InChI is InChI=1S/C19H25F2N2O6P.C19H26FN2O7P.C18H27FN3O7P.C18H27FN3O6PS/c1-6-25-14-8-12(4)7-13-15(14)22-10-23(13)17-18(5,20)16-19(21,27-17)9-26-30(24,29-16)28-11(2)3;1-6-25-14-8-12(4)7-13-15(14)21-10-22(13)17-18(5,23)16-19(20,27-17)9-26-30(24,29-16)28-11(2)3;1-6-18-9-26-30(24,27-10-25-16(23)17(3,4)5)29-14(18)13(19)15(28-18)22-8-7-12(20)21-11(22)2;1-6-18-9-25-29(24,26-10-30-16(23)17(3,4)5)28-14(18)13(19)15(27-18)22-8-7-12(20)21-11(22)2/h7-8,10-11,16-17H,6,9H2,1-5H3;7-8,10-11,16-17,23H,6,9H2,1-5H3;2*7-8,13-15H,2,6,9-10H2,1,3-5H3,(H2,20,21)/t2*16-,17+,18+,19+,30?;13-,14?,15-,18-,30?;13-,14?,15-,18-,29?/m0011/s1. The molecule has 0 spiro atoms. The minimum absolute atomic E-state index is 0.142. The number of hydrogen-bond donors (Lipinski definition) is 3. The van der Waals surface area contributed by atoms with E-state index in [-0.39, 0.29) is 47.6 Å². The van der Waals surface area contributed by atoms with Gasteiger partial charge < -0.3 is 68.7 Å². The predicted molar refractivity (Wildman–Crippen MR) is 424 cm³/mol. The number of hydrogen-bond acceptors (Lipinski definition) is 35. The van der Waals surface area contributed by atoms with Crippen molar-refractivity contribution in [2.75, 3.05) is 52.4 Å². The van der Waals surface area contributed by atoms with Crippen molar-refractivity contribution in [3.63, 3.8) is 0 Å². The average molecular weight is 1800 g/mol. The van der Waals surface area contributed by atoms with Crippen molar-refractivity contribution < 1.29 is 142 Å². The van der Waals surface area contributed by atoms with E-state index >= 15 is 22.0 Å². The molecule has 12 heterocycles. The quantitative estimate of drug-likeness (QED) is 0.0320. The Hall–Kier alpha value is -6.14. The number of thioether (sulfide) groups is 1. The van der Waals surface area contributed by atoms with Gasteiger partial charge in [0, 0.05) is 17.8 Å². The molecule has 2 aromatic carbocycles. The minimum Gasteiger partial charge on any atom is -0.492 e. The van der Waals surface area contributed by atoms with Crippen LogP contribution >= 0.6 is 43.1 Å². The van der Waals surface area contributed by atoms with Crippen molar-refractivity contribution in [3.05, 3.63) is 97.4 Å². The number of nitrogens with two attached hydrogens (primary N) is 2. The van der Waals surface area contributed by atoms with Crippen molar-refractivity contribution in [3.8, 4) is 11.5 Å². The first-order chi connectivity index (χ1) is 55.8. The number of aliphatic imine (C=N–C) groups is 2. The molecule has 0 amide bonds. The summed E-state index contributed by atoms with van der Waals surface area (Å²) in [5, 5.41) is 11.1. The average Bonchev–Trinajstić information content (AvgIpc) is 1.56. The molecule has 0 saturated carbocycles. The van der Waals surface area contributed by atoms with E-state index in [4.69, 9.17) is 98.9 Å². The molecular formula is C74H105F5N10O26P4S. The highest BCUT2D eigenvalue weighted by molar-refractivity contribution is 8.13. The summed E-state index contributed by atoms with van der Waals surface area (Å²) < 4.78 is 234. The second-order valence-electron chi connectivity index (χ2n) is 32.5. The first-order valence-corrected chi connectivity index (χ1v) is 45.3. The molecule has 120 heavy (non-hydrogen) atoms. The Morgan fingerprint density at radius 3 is 1.45 bits per heavy atom. The van der Waals surface area contributed by atoms with E-state index in [1.54, 1.807) is 89.2 Å². The van der Waals surface area contributed by atoms with E-state index in [2.05, 4.69) is 33.1 Å². The molecule has 10 aliphatic rings. The van der Waals surface area contributed by atoms with Crippen LogP contribution in [0.2, 0.25) is 0 Å². The Labute approximate surface area is 695 Å². The minimum atomic E-state index is -4.18. The van der Waals surface area contributed by atoms with Crippen LogP contribution in [0.1, 0.15) is 147 Å². The van der Waals surface area contributed by atoms with Crippen LogP contribution < -0.4 is 20.9 Å². The molecule has 36 nitrogen and oxygen atoms in total. The summed E-state index contributed by atoms with van der Waals surface area (Å²) in [6, 6.07) is 7.28. The predicted octanol–water partition coefficient (Wildman–Crippen LogP) is 14.1. The topological polar surface area (TPSA) is 417 Å². The molecular weight excluding hydrogens is 1700 g/mol. The SMILES string of the molecule is C=C1N=C(N)C=CN1[C@@H]1O[C@]2(CC)COP(=O)(OCOC(=O)C(C)(C)C)OC2[C@H]1F.C=C1N=C(N)C=CN1[C@@H]1O[C@]2(CC)COP(=O)(OCSC(=O)C(C)(C)C)OC2[C@H]1F.CCOc1cc(C)cc2c1ncn2[C@@H]1O[C@]2(F)COP(=O)(OC(C)C)O[C@H]2[C@@]1(C)F.CCOc1cc(C)cc2c1ncn2[C@@H]1O[C@]2(F)COP(=O)(OC(C)C)O[C@H]2[C@@]1(C)O. The van der Waals surface area contributed by atoms with Gasteiger partial charge >= 0.3 is 37.3 Å². The molecule has 10 aliphatic heterocycles. The van der Waals surface area contributed by atoms with Gasteiger partial charge in [-0.3, -0.25) is 59.4 Å². The number of aliphatic hydroxyl groups is 1. The first-order valence-electron chi connectivity index (χ1n) is 38.5. The van der Waals surface area contributed by atoms with Gasteiger partial charge in [0.05, 0.1) is 67.7 Å². The van der Waals surface area contributed by atoms with Gasteiger partial charge in [-0.25, -0.2) is 64.7 Å². The van der Waals surface area contributed by atoms with Crippen LogP contribution in [-0.2, 0) is 106 Å². The monoisotopic (exact) mass is 1800 g/mol. The Bertz CT molecular complexity index is 4560. The number of phosphoric acid groups is 4. The van der Waals surface area contributed by atoms with E-state index in [0.717, 1.165) is 29.8 Å². The maximum atomic E-state index is 16.0. The lowest BCUT2D eigenvalue weighted by atomic mass is 9.94. The van der Waals surface area contributed by atoms with Gasteiger partial charge in [0.15, 0.2) is 60.2 Å². The lowest BCUT2D eigenvalue weighted by Gasteiger charge is -2.39. The third kappa shape index (κ3) is 19.4. The number of benzene rings is 2. The van der Waals surface area contributed by atoms with Gasteiger partial charge in [0.1, 0.15) is 94.0 Å². The maximum absolute atomic E-state index is 16.0. The van der Waals surface area contributed by atoms with Crippen molar-refractivity contribution in [2.45, 2.75) is 246 Å². The number of nitrogens with zero attached hydrogens (tertiary/aromatic N) is 8. The summed E-state index contributed by atoms with van der Waals surface area (Å²) in [4.78, 5) is 43.3. The van der Waals surface area contributed by atoms with E-state index in [0.29, 0.717) is 59.6 Å². The van der Waals surface area contributed by atoms with Gasteiger partial charge in [-0.15, -0.1) is 0 Å². The smallest absolute Gasteiger partial charge is 0.478 e. The third-order valence-corrected chi connectivity index (χ3v) is 27.3. The number of alkyl halides is 5. The highest BCUT2D eigenvalue weighted by Crippen LogP contribution is 2.67. The molecule has 4 aromatic rings. The van der Waals surface area contributed by atoms with Gasteiger partial charge in [-0.2, -0.15) is 0 Å². The summed E-state index contributed by atoms with van der Waals surface area (Å²) in [7, 11) is -16.5. The summed E-state index contributed by atoms with van der Waals surface area (Å²) in [6.45, 7) is 36.1. The number of imidazole rings is 2. The van der Waals surface area contributed by atoms with E-state index in [1.807, 2.05) is 45.9 Å². The summed E-state index contributed by atoms with van der Waals surface area (Å²) in [6.07, 6.45) is -5.68. The molecule has 0 radical (unpaired) electrons. The van der Waals surface area contributed by atoms with E-state index in [1.165, 1.54) is 63.1 Å². The van der Waals surface area contributed by atoms with Crippen LogP contribution in [0.3, 0.4) is 0 Å². The van der Waals surface area contributed by atoms with Crippen molar-refractivity contribution in [2.24, 2.45) is 32.3 Å². The normalized spacial score (nSPS) is 36.5. The molecule has 8 fully saturated rings. The molecule has 5 N–H and O–H groups in total. The lowest BCUT2D eigenvalue weighted by molar-refractivity contribution is -0.220. The summed E-state index contributed by atoms with van der Waals surface area (Å²) in [5.74, 6) is -3.97. The van der Waals surface area contributed by atoms with Crippen LogP contribution in [0.15, 0.2) is 96.3 Å². The van der Waals surface area contributed by atoms with Gasteiger partial charge in [-0.1, -0.05) is 59.5 Å². The summed E-state index contributed by atoms with van der Waals surface area (Å²) in [5.41, 5.74) is 7.16. The molecule has 20 atom stereocenters. The number of halogens is 5. The Balaban J connectivity index is 0.000000156. The first kappa shape index (κ1) is 94.5. The highest BCUT2D eigenvalue weighted by Gasteiger charge is 2.72. The largest absolute Gasteiger partial charge is 0.492 e. The third-order valence-electron chi connectivity index (χ3n) is 20.1. The second-order valence-corrected chi connectivity index (χ2v) is 39.8. The number of rotatable bonds is 20. The number of ether oxygens (including phenoxy) is 7. The zero-order chi connectivity index (χ0) is 88.4. The van der Waals surface area contributed by atoms with Crippen LogP contribution in [-0.4, -0.2) is 205 Å². The van der Waals surface area contributed by atoms with Crippen LogP contribution in [0, 0.1) is 24.7 Å². The molecule has 8 saturated heterocycles. The maximum Gasteiger partial charge on any atom is 0.478 e. The number of carbonyl (C=O) groups is 2. The Morgan fingerprint density at radius 2 is 1.03 bits per heavy atom. The zero-order valence-electron chi connectivity index (χ0n) is 69.7. The number of amidine groups is 2. The van der Waals surface area contributed by atoms with Gasteiger partial charge in [-0.05, 0) is 150 Å². The molecule has 46 heteroatoms. The highest BCUT2D eigenvalue weighted by atomic mass is 32.2. The summed E-state index contributed by atoms with van der Waals surface area (Å²) >= 11 is 0.856. The number of esters is 1. The van der Waals surface area contributed by atoms with Crippen molar-refractivity contribution >= 4 is 87.9 Å². The molecule has 2 aromatic heterocycles. The Kier molecular flexibility index (Phi) is 27.9. The molecule has 0 bridgehead atoms. The number of carbonyl (C=O) groups excluding carboxylic acids is 2. The molecule has 6 unspecified atom stereocenters. The zero-order valence-corrected chi connectivity index (χ0v) is 74.1. The molecule has 668 valence electrons. The van der Waals surface area contributed by atoms with Crippen LogP contribution in [0.5, 0.6) is 11.5 Å².